The van der Waals surface area contributed by atoms with Crippen LogP contribution in [0.2, 0.25) is 0 Å². The Labute approximate surface area is 109 Å². The van der Waals surface area contributed by atoms with Gasteiger partial charge in [-0.2, -0.15) is 0 Å². The number of unbranched alkanes of at least 4 members (excludes halogenated alkanes) is 2. The van der Waals surface area contributed by atoms with Crippen molar-refractivity contribution in [1.82, 2.24) is 9.88 Å². The highest BCUT2D eigenvalue weighted by molar-refractivity contribution is 7.80. The van der Waals surface area contributed by atoms with E-state index in [1.54, 1.807) is 6.20 Å². The van der Waals surface area contributed by atoms with Crippen LogP contribution in [0.25, 0.3) is 0 Å². The van der Waals surface area contributed by atoms with E-state index in [9.17, 15) is 0 Å². The van der Waals surface area contributed by atoms with Crippen molar-refractivity contribution in [1.29, 1.82) is 0 Å². The maximum absolute atomic E-state index is 5.66. The van der Waals surface area contributed by atoms with E-state index in [1.807, 2.05) is 12.1 Å². The molecule has 1 aromatic rings. The maximum Gasteiger partial charge on any atom is 0.123 e. The average molecular weight is 251 g/mol. The molecule has 0 atom stereocenters. The molecule has 2 N–H and O–H groups in total. The fourth-order valence-corrected chi connectivity index (χ4v) is 1.97. The molecule has 1 rings (SSSR count). The summed E-state index contributed by atoms with van der Waals surface area (Å²) >= 11 is 5.01. The van der Waals surface area contributed by atoms with Gasteiger partial charge in [0.05, 0.1) is 0 Å². The first kappa shape index (κ1) is 14.1. The lowest BCUT2D eigenvalue weighted by atomic mass is 10.1. The molecule has 0 bridgehead atoms. The van der Waals surface area contributed by atoms with Crippen molar-refractivity contribution in [3.05, 3.63) is 29.6 Å². The average Bonchev–Trinajstić information content (AvgIpc) is 2.29. The van der Waals surface area contributed by atoms with Crippen LogP contribution in [0.5, 0.6) is 0 Å². The number of aromatic nitrogens is 1. The minimum atomic E-state index is 0.377. The molecule has 0 radical (unpaired) electrons. The zero-order chi connectivity index (χ0) is 12.7. The van der Waals surface area contributed by atoms with E-state index in [2.05, 4.69) is 23.9 Å². The lowest BCUT2D eigenvalue weighted by molar-refractivity contribution is 0.317. The van der Waals surface area contributed by atoms with Crippen molar-refractivity contribution in [2.75, 3.05) is 13.6 Å². The van der Waals surface area contributed by atoms with Gasteiger partial charge in [-0.3, -0.25) is 4.98 Å². The third-order valence-corrected chi connectivity index (χ3v) is 2.90. The highest BCUT2D eigenvalue weighted by Crippen LogP contribution is 2.09. The molecule has 0 aliphatic carbocycles. The number of nitrogens with zero attached hydrogens (tertiary/aromatic N) is 2. The number of hydrogen-bond donors (Lipinski definition) is 1. The summed E-state index contributed by atoms with van der Waals surface area (Å²) in [5.41, 5.74) is 7.53. The number of nitrogens with two attached hydrogens (primary N) is 1. The number of pyridine rings is 1. The van der Waals surface area contributed by atoms with Crippen molar-refractivity contribution in [2.24, 2.45) is 5.73 Å². The summed E-state index contributed by atoms with van der Waals surface area (Å²) in [4.78, 5) is 6.90. The molecule has 4 heteroatoms. The lowest BCUT2D eigenvalue weighted by Crippen LogP contribution is -2.22. The van der Waals surface area contributed by atoms with E-state index in [1.165, 1.54) is 19.3 Å². The van der Waals surface area contributed by atoms with Crippen molar-refractivity contribution >= 4 is 17.2 Å². The highest BCUT2D eigenvalue weighted by Gasteiger charge is 2.08. The van der Waals surface area contributed by atoms with Crippen LogP contribution < -0.4 is 5.73 Å². The predicted octanol–water partition coefficient (Wildman–Crippen LogP) is 2.34. The van der Waals surface area contributed by atoms with Crippen LogP contribution in [0.3, 0.4) is 0 Å². The van der Waals surface area contributed by atoms with Gasteiger partial charge in [0.25, 0.3) is 0 Å². The van der Waals surface area contributed by atoms with E-state index >= 15 is 0 Å². The Bertz CT molecular complexity index is 365. The smallest absolute Gasteiger partial charge is 0.123 e. The molecule has 3 nitrogen and oxygen atoms in total. The van der Waals surface area contributed by atoms with Crippen LogP contribution in [-0.2, 0) is 6.54 Å². The van der Waals surface area contributed by atoms with Gasteiger partial charge < -0.3 is 10.6 Å². The van der Waals surface area contributed by atoms with Crippen LogP contribution >= 0.6 is 12.2 Å². The second-order valence-corrected chi connectivity index (χ2v) is 4.76. The summed E-state index contributed by atoms with van der Waals surface area (Å²) in [6, 6.07) is 3.97. The van der Waals surface area contributed by atoms with E-state index in [0.717, 1.165) is 24.3 Å². The van der Waals surface area contributed by atoms with Crippen molar-refractivity contribution in [3.63, 3.8) is 0 Å². The minimum Gasteiger partial charge on any atom is -0.388 e. The Kier molecular flexibility index (Phi) is 6.08. The Morgan fingerprint density at radius 3 is 2.88 bits per heavy atom. The first-order valence-corrected chi connectivity index (χ1v) is 6.48. The summed E-state index contributed by atoms with van der Waals surface area (Å²) in [7, 11) is 2.12. The first-order chi connectivity index (χ1) is 8.15. The van der Waals surface area contributed by atoms with Gasteiger partial charge in [-0.1, -0.05) is 38.0 Å². The topological polar surface area (TPSA) is 42.2 Å². The zero-order valence-electron chi connectivity index (χ0n) is 10.6. The summed E-state index contributed by atoms with van der Waals surface area (Å²) in [6.45, 7) is 4.16. The largest absolute Gasteiger partial charge is 0.388 e. The molecule has 0 spiro atoms. The summed E-state index contributed by atoms with van der Waals surface area (Å²) in [5.74, 6) is 0. The van der Waals surface area contributed by atoms with E-state index in [0.29, 0.717) is 4.99 Å². The second-order valence-electron chi connectivity index (χ2n) is 4.32. The molecule has 94 valence electrons. The first-order valence-electron chi connectivity index (χ1n) is 6.07. The molecule has 1 aromatic heterocycles. The number of thiocarbonyl (C=S) groups is 1. The minimum absolute atomic E-state index is 0.377. The third kappa shape index (κ3) is 4.79. The van der Waals surface area contributed by atoms with Crippen LogP contribution in [-0.4, -0.2) is 28.5 Å². The fourth-order valence-electron chi connectivity index (χ4n) is 1.79. The molecule has 0 fully saturated rings. The molecular formula is C13H21N3S. The summed E-state index contributed by atoms with van der Waals surface area (Å²) in [6.07, 6.45) is 5.49. The van der Waals surface area contributed by atoms with Gasteiger partial charge in [0.15, 0.2) is 0 Å². The molecule has 0 unspecified atom stereocenters. The molecular weight excluding hydrogens is 230 g/mol. The third-order valence-electron chi connectivity index (χ3n) is 2.71. The van der Waals surface area contributed by atoms with Gasteiger partial charge in [-0.25, -0.2) is 0 Å². The highest BCUT2D eigenvalue weighted by atomic mass is 32.1. The molecule has 1 heterocycles. The quantitative estimate of drug-likeness (QED) is 0.596. The molecule has 0 aliphatic rings. The maximum atomic E-state index is 5.66. The van der Waals surface area contributed by atoms with Crippen molar-refractivity contribution in [3.8, 4) is 0 Å². The van der Waals surface area contributed by atoms with Gasteiger partial charge in [0.2, 0.25) is 0 Å². The predicted molar refractivity (Wildman–Crippen MR) is 76.0 cm³/mol. The molecule has 0 saturated carbocycles. The molecule has 0 amide bonds. The van der Waals surface area contributed by atoms with Crippen LogP contribution in [0.4, 0.5) is 0 Å². The monoisotopic (exact) mass is 251 g/mol. The summed E-state index contributed by atoms with van der Waals surface area (Å²) < 4.78 is 0. The number of hydrogen-bond acceptors (Lipinski definition) is 3. The molecule has 0 saturated heterocycles. The van der Waals surface area contributed by atoms with Gasteiger partial charge in [-0.05, 0) is 31.6 Å². The lowest BCUT2D eigenvalue weighted by Gasteiger charge is -2.17. The van der Waals surface area contributed by atoms with E-state index in [-0.39, 0.29) is 0 Å². The van der Waals surface area contributed by atoms with Gasteiger partial charge >= 0.3 is 0 Å². The van der Waals surface area contributed by atoms with E-state index < -0.39 is 0 Å². The normalized spacial score (nSPS) is 10.8. The molecule has 17 heavy (non-hydrogen) atoms. The van der Waals surface area contributed by atoms with Gasteiger partial charge in [0, 0.05) is 12.7 Å². The van der Waals surface area contributed by atoms with Gasteiger partial charge in [0.1, 0.15) is 10.7 Å². The summed E-state index contributed by atoms with van der Waals surface area (Å²) in [5, 5.41) is 0. The number of rotatable bonds is 7. The Morgan fingerprint density at radius 1 is 1.47 bits per heavy atom. The van der Waals surface area contributed by atoms with Crippen LogP contribution in [0, 0.1) is 0 Å². The van der Waals surface area contributed by atoms with Gasteiger partial charge in [-0.15, -0.1) is 0 Å². The van der Waals surface area contributed by atoms with Crippen molar-refractivity contribution in [2.45, 2.75) is 32.7 Å². The van der Waals surface area contributed by atoms with Crippen molar-refractivity contribution < 1.29 is 0 Å². The standard InChI is InChI=1S/C13H21N3S/c1-3-4-5-9-16(2)10-11-7-6-8-15-12(11)13(14)17/h6-8H,3-5,9-10H2,1-2H3,(H2,14,17). The Morgan fingerprint density at radius 2 is 2.24 bits per heavy atom. The van der Waals surface area contributed by atoms with Crippen LogP contribution in [0.1, 0.15) is 37.4 Å². The second kappa shape index (κ2) is 7.35. The van der Waals surface area contributed by atoms with E-state index in [4.69, 9.17) is 18.0 Å². The fraction of sp³-hybridized carbons (Fsp3) is 0.538. The Hall–Kier alpha value is -1.00. The van der Waals surface area contributed by atoms with Crippen LogP contribution in [0.15, 0.2) is 18.3 Å². The molecule has 0 aliphatic heterocycles. The Balaban J connectivity index is 2.58. The SMILES string of the molecule is CCCCCN(C)Cc1cccnc1C(N)=S. The zero-order valence-corrected chi connectivity index (χ0v) is 11.5. The molecule has 0 aromatic carbocycles.